The van der Waals surface area contributed by atoms with Crippen LogP contribution in [-0.4, -0.2) is 42.8 Å². The van der Waals surface area contributed by atoms with Crippen LogP contribution in [0.3, 0.4) is 0 Å². The Morgan fingerprint density at radius 2 is 2.00 bits per heavy atom. The van der Waals surface area contributed by atoms with Crippen molar-refractivity contribution in [2.24, 2.45) is 11.7 Å². The third-order valence-electron chi connectivity index (χ3n) is 4.14. The monoisotopic (exact) mass is 329 g/mol. The largest absolute Gasteiger partial charge is 0.370 e. The minimum atomic E-state index is -0.318. The number of nitrogens with one attached hydrogen (secondary N) is 1. The number of nitrogens with two attached hydrogens (primary N) is 1. The molecule has 1 unspecified atom stereocenters. The van der Waals surface area contributed by atoms with Crippen molar-refractivity contribution in [1.82, 2.24) is 10.2 Å². The number of rotatable bonds is 5. The van der Waals surface area contributed by atoms with Gasteiger partial charge in [-0.2, -0.15) is 0 Å². The summed E-state index contributed by atoms with van der Waals surface area (Å²) in [5.41, 5.74) is 6.66. The fourth-order valence-electron chi connectivity index (χ4n) is 2.88. The molecule has 1 aromatic carbocycles. The molecule has 1 heterocycles. The van der Waals surface area contributed by atoms with Crippen molar-refractivity contribution in [3.63, 3.8) is 0 Å². The van der Waals surface area contributed by atoms with Crippen LogP contribution in [0.15, 0.2) is 30.3 Å². The second kappa shape index (κ2) is 8.29. The van der Waals surface area contributed by atoms with Crippen LogP contribution < -0.4 is 11.1 Å². The van der Waals surface area contributed by atoms with E-state index in [0.717, 1.165) is 18.4 Å². The molecule has 0 spiro atoms. The lowest BCUT2D eigenvalue weighted by atomic mass is 9.94. The third-order valence-corrected chi connectivity index (χ3v) is 4.14. The maximum absolute atomic E-state index is 12.3. The van der Waals surface area contributed by atoms with E-state index in [2.05, 4.69) is 5.32 Å². The molecule has 1 aliphatic heterocycles. The molecule has 1 aliphatic rings. The first-order valence-corrected chi connectivity index (χ1v) is 8.07. The van der Waals surface area contributed by atoms with Gasteiger partial charge in [0.2, 0.25) is 11.8 Å². The van der Waals surface area contributed by atoms with Crippen molar-refractivity contribution < 1.29 is 14.4 Å². The Hall–Kier alpha value is -2.63. The van der Waals surface area contributed by atoms with Gasteiger partial charge in [0.1, 0.15) is 0 Å². The Morgan fingerprint density at radius 3 is 2.62 bits per heavy atom. The number of primary amides is 1. The summed E-state index contributed by atoms with van der Waals surface area (Å²) in [4.78, 5) is 36.5. The highest BCUT2D eigenvalue weighted by Crippen LogP contribution is 2.19. The van der Waals surface area contributed by atoms with E-state index in [-0.39, 0.29) is 23.6 Å². The van der Waals surface area contributed by atoms with Gasteiger partial charge in [0.25, 0.3) is 5.91 Å². The van der Waals surface area contributed by atoms with Gasteiger partial charge in [0.05, 0.1) is 0 Å². The zero-order valence-electron chi connectivity index (χ0n) is 13.8. The second-order valence-corrected chi connectivity index (χ2v) is 6.00. The SMILES string of the molecule is CNC(=O)c1ccc(/C=C/C(=O)N2CCCC(CC(N)=O)C2)cc1. The number of piperidine rings is 1. The Kier molecular flexibility index (Phi) is 6.12. The number of nitrogens with zero attached hydrogens (tertiary/aromatic N) is 1. The summed E-state index contributed by atoms with van der Waals surface area (Å²) in [5, 5.41) is 2.56. The van der Waals surface area contributed by atoms with Gasteiger partial charge >= 0.3 is 0 Å². The van der Waals surface area contributed by atoms with Gasteiger partial charge in [-0.3, -0.25) is 14.4 Å². The number of carbonyl (C=O) groups excluding carboxylic acids is 3. The van der Waals surface area contributed by atoms with E-state index < -0.39 is 0 Å². The number of carbonyl (C=O) groups is 3. The number of benzene rings is 1. The molecule has 0 aromatic heterocycles. The molecule has 24 heavy (non-hydrogen) atoms. The van der Waals surface area contributed by atoms with E-state index >= 15 is 0 Å². The van der Waals surface area contributed by atoms with E-state index in [9.17, 15) is 14.4 Å². The van der Waals surface area contributed by atoms with Gasteiger partial charge in [-0.25, -0.2) is 0 Å². The molecule has 3 N–H and O–H groups in total. The van der Waals surface area contributed by atoms with Crippen molar-refractivity contribution in [2.45, 2.75) is 19.3 Å². The van der Waals surface area contributed by atoms with Gasteiger partial charge in [0, 0.05) is 38.2 Å². The van der Waals surface area contributed by atoms with Crippen LogP contribution in [-0.2, 0) is 9.59 Å². The van der Waals surface area contributed by atoms with Crippen molar-refractivity contribution >= 4 is 23.8 Å². The summed E-state index contributed by atoms with van der Waals surface area (Å²) in [7, 11) is 1.58. The summed E-state index contributed by atoms with van der Waals surface area (Å²) in [6.45, 7) is 1.27. The highest BCUT2D eigenvalue weighted by atomic mass is 16.2. The number of hydrogen-bond acceptors (Lipinski definition) is 3. The first-order chi connectivity index (χ1) is 11.5. The molecule has 0 saturated carbocycles. The zero-order valence-corrected chi connectivity index (χ0v) is 13.8. The van der Waals surface area contributed by atoms with Gasteiger partial charge in [-0.15, -0.1) is 0 Å². The first kappa shape index (κ1) is 17.7. The highest BCUT2D eigenvalue weighted by molar-refractivity contribution is 5.94. The van der Waals surface area contributed by atoms with Crippen LogP contribution in [0.1, 0.15) is 35.2 Å². The maximum Gasteiger partial charge on any atom is 0.251 e. The summed E-state index contributed by atoms with van der Waals surface area (Å²) < 4.78 is 0. The number of amides is 3. The fraction of sp³-hybridized carbons (Fsp3) is 0.389. The lowest BCUT2D eigenvalue weighted by molar-refractivity contribution is -0.129. The molecular formula is C18H23N3O3. The molecule has 0 bridgehead atoms. The predicted molar refractivity (Wildman–Crippen MR) is 92.0 cm³/mol. The van der Waals surface area contributed by atoms with Crippen molar-refractivity contribution in [3.05, 3.63) is 41.5 Å². The van der Waals surface area contributed by atoms with Gasteiger partial charge in [-0.1, -0.05) is 12.1 Å². The van der Waals surface area contributed by atoms with Crippen molar-refractivity contribution in [2.75, 3.05) is 20.1 Å². The Bertz CT molecular complexity index is 637. The predicted octanol–water partition coefficient (Wildman–Crippen LogP) is 1.17. The van der Waals surface area contributed by atoms with Crippen LogP contribution in [0, 0.1) is 5.92 Å². The van der Waals surface area contributed by atoms with Crippen LogP contribution in [0.2, 0.25) is 0 Å². The Morgan fingerprint density at radius 1 is 1.29 bits per heavy atom. The minimum absolute atomic E-state index is 0.0699. The molecule has 0 aliphatic carbocycles. The molecular weight excluding hydrogens is 306 g/mol. The van der Waals surface area contributed by atoms with Gasteiger partial charge < -0.3 is 16.0 Å². The smallest absolute Gasteiger partial charge is 0.251 e. The highest BCUT2D eigenvalue weighted by Gasteiger charge is 2.23. The normalized spacial score (nSPS) is 17.7. The van der Waals surface area contributed by atoms with Gasteiger partial charge in [0.15, 0.2) is 0 Å². The maximum atomic E-state index is 12.3. The lowest BCUT2D eigenvalue weighted by Gasteiger charge is -2.31. The molecule has 1 fully saturated rings. The second-order valence-electron chi connectivity index (χ2n) is 6.00. The van der Waals surface area contributed by atoms with E-state index in [1.54, 1.807) is 42.3 Å². The van der Waals surface area contributed by atoms with Crippen LogP contribution in [0.25, 0.3) is 6.08 Å². The lowest BCUT2D eigenvalue weighted by Crippen LogP contribution is -2.40. The van der Waals surface area contributed by atoms with E-state index in [1.165, 1.54) is 6.08 Å². The van der Waals surface area contributed by atoms with Gasteiger partial charge in [-0.05, 0) is 42.5 Å². The summed E-state index contributed by atoms with van der Waals surface area (Å²) in [6, 6.07) is 7.01. The molecule has 1 saturated heterocycles. The molecule has 0 radical (unpaired) electrons. The molecule has 6 nitrogen and oxygen atoms in total. The molecule has 3 amide bonds. The van der Waals surface area contributed by atoms with Crippen LogP contribution >= 0.6 is 0 Å². The number of hydrogen-bond donors (Lipinski definition) is 2. The quantitative estimate of drug-likeness (QED) is 0.794. The summed E-state index contributed by atoms with van der Waals surface area (Å²) in [5.74, 6) is -0.378. The number of likely N-dealkylation sites (tertiary alicyclic amines) is 1. The summed E-state index contributed by atoms with van der Waals surface area (Å²) >= 11 is 0. The topological polar surface area (TPSA) is 92.5 Å². The van der Waals surface area contributed by atoms with Crippen molar-refractivity contribution in [3.8, 4) is 0 Å². The standard InChI is InChI=1S/C18H23N3O3/c1-20-18(24)15-7-4-13(5-8-15)6-9-17(23)21-10-2-3-14(12-21)11-16(19)22/h4-9,14H,2-3,10-12H2,1H3,(H2,19,22)(H,20,24)/b9-6+. The molecule has 1 aromatic rings. The van der Waals surface area contributed by atoms with E-state index in [4.69, 9.17) is 5.73 Å². The average molecular weight is 329 g/mol. The first-order valence-electron chi connectivity index (χ1n) is 8.07. The molecule has 6 heteroatoms. The zero-order chi connectivity index (χ0) is 17.5. The Labute approximate surface area is 141 Å². The summed E-state index contributed by atoms with van der Waals surface area (Å²) in [6.07, 6.45) is 5.40. The van der Waals surface area contributed by atoms with E-state index in [0.29, 0.717) is 25.1 Å². The Balaban J connectivity index is 1.94. The van der Waals surface area contributed by atoms with Crippen LogP contribution in [0.4, 0.5) is 0 Å². The third kappa shape index (κ3) is 4.94. The minimum Gasteiger partial charge on any atom is -0.370 e. The fourth-order valence-corrected chi connectivity index (χ4v) is 2.88. The molecule has 128 valence electrons. The van der Waals surface area contributed by atoms with Crippen LogP contribution in [0.5, 0.6) is 0 Å². The average Bonchev–Trinajstić information content (AvgIpc) is 2.59. The molecule has 1 atom stereocenters. The van der Waals surface area contributed by atoms with Crippen molar-refractivity contribution in [1.29, 1.82) is 0 Å². The molecule has 2 rings (SSSR count). The van der Waals surface area contributed by atoms with E-state index in [1.807, 2.05) is 0 Å².